The first-order valence-electron chi connectivity index (χ1n) is 14.0. The number of carbonyl (C=O) groups excluding carboxylic acids is 2. The smallest absolute Gasteiger partial charge is 0.254 e. The van der Waals surface area contributed by atoms with E-state index in [0.717, 1.165) is 55.5 Å². The summed E-state index contributed by atoms with van der Waals surface area (Å²) in [7, 11) is 0. The Kier molecular flexibility index (Phi) is 10.3. The molecule has 3 aromatic rings. The zero-order valence-corrected chi connectivity index (χ0v) is 24.0. The second-order valence-electron chi connectivity index (χ2n) is 11.1. The fraction of sp³-hybridized carbons (Fsp3) is 0.469. The number of nitrogens with zero attached hydrogens (tertiary/aromatic N) is 3. The predicted octanol–water partition coefficient (Wildman–Crippen LogP) is 7.09. The van der Waals surface area contributed by atoms with E-state index < -0.39 is 0 Å². The van der Waals surface area contributed by atoms with Crippen molar-refractivity contribution in [1.29, 1.82) is 0 Å². The lowest BCUT2D eigenvalue weighted by molar-refractivity contribution is -0.117. The van der Waals surface area contributed by atoms with E-state index in [9.17, 15) is 9.59 Å². The quantitative estimate of drug-likeness (QED) is 0.261. The van der Waals surface area contributed by atoms with Crippen LogP contribution in [0, 0.1) is 6.92 Å². The number of hydrogen-bond donors (Lipinski definition) is 1. The van der Waals surface area contributed by atoms with Gasteiger partial charge in [-0.1, -0.05) is 84.2 Å². The van der Waals surface area contributed by atoms with Crippen molar-refractivity contribution in [3.05, 3.63) is 77.0 Å². The van der Waals surface area contributed by atoms with Crippen LogP contribution in [0.2, 0.25) is 0 Å². The summed E-state index contributed by atoms with van der Waals surface area (Å²) in [6.45, 7) is 13.2. The number of benzene rings is 2. The van der Waals surface area contributed by atoms with Gasteiger partial charge >= 0.3 is 0 Å². The van der Waals surface area contributed by atoms with Gasteiger partial charge in [-0.25, -0.2) is 4.68 Å². The number of amides is 2. The predicted molar refractivity (Wildman–Crippen MR) is 156 cm³/mol. The molecule has 0 spiro atoms. The average Bonchev–Trinajstić information content (AvgIpc) is 3.31. The summed E-state index contributed by atoms with van der Waals surface area (Å²) in [5, 5.41) is 7.89. The van der Waals surface area contributed by atoms with E-state index in [1.54, 1.807) is 9.58 Å². The van der Waals surface area contributed by atoms with Crippen LogP contribution < -0.4 is 5.32 Å². The van der Waals surface area contributed by atoms with Gasteiger partial charge in [0.25, 0.3) is 5.91 Å². The van der Waals surface area contributed by atoms with E-state index in [-0.39, 0.29) is 23.8 Å². The summed E-state index contributed by atoms with van der Waals surface area (Å²) in [6, 6.07) is 17.8. The summed E-state index contributed by atoms with van der Waals surface area (Å²) in [4.78, 5) is 28.5. The number of nitrogens with one attached hydrogen (secondary N) is 1. The lowest BCUT2D eigenvalue weighted by Crippen LogP contribution is -2.39. The maximum absolute atomic E-state index is 13.4. The SMILES string of the molecule is CCCCCN(CC(=O)Nc1cc(C(C)(C)C)nn1-c1ccccc1C)C(=O)c1ccc(CCCC)cc1. The molecule has 1 N–H and O–H groups in total. The summed E-state index contributed by atoms with van der Waals surface area (Å²) < 4.78 is 1.80. The van der Waals surface area contributed by atoms with Gasteiger partial charge in [-0.2, -0.15) is 5.10 Å². The van der Waals surface area contributed by atoms with Gasteiger partial charge in [0.2, 0.25) is 5.91 Å². The molecule has 2 amide bonds. The average molecular weight is 517 g/mol. The minimum absolute atomic E-state index is 0.00998. The monoisotopic (exact) mass is 516 g/mol. The Morgan fingerprint density at radius 1 is 0.947 bits per heavy atom. The topological polar surface area (TPSA) is 67.2 Å². The number of aryl methyl sites for hydroxylation is 2. The van der Waals surface area contributed by atoms with Crippen molar-refractivity contribution in [2.75, 3.05) is 18.4 Å². The summed E-state index contributed by atoms with van der Waals surface area (Å²) in [5.41, 5.74) is 4.53. The van der Waals surface area contributed by atoms with Crippen LogP contribution in [0.4, 0.5) is 5.82 Å². The Morgan fingerprint density at radius 3 is 2.26 bits per heavy atom. The van der Waals surface area contributed by atoms with Gasteiger partial charge < -0.3 is 10.2 Å². The molecule has 3 rings (SSSR count). The largest absolute Gasteiger partial charge is 0.329 e. The molecule has 0 aliphatic rings. The lowest BCUT2D eigenvalue weighted by Gasteiger charge is -2.22. The molecule has 0 radical (unpaired) electrons. The molecule has 0 bridgehead atoms. The highest BCUT2D eigenvalue weighted by Gasteiger charge is 2.24. The van der Waals surface area contributed by atoms with Crippen LogP contribution in [0.3, 0.4) is 0 Å². The third-order valence-corrected chi connectivity index (χ3v) is 6.76. The highest BCUT2D eigenvalue weighted by Crippen LogP contribution is 2.27. The molecule has 0 saturated carbocycles. The van der Waals surface area contributed by atoms with Gasteiger partial charge in [-0.15, -0.1) is 0 Å². The summed E-state index contributed by atoms with van der Waals surface area (Å²) >= 11 is 0. The van der Waals surface area contributed by atoms with E-state index in [1.807, 2.05) is 61.5 Å². The van der Waals surface area contributed by atoms with Crippen molar-refractivity contribution in [2.24, 2.45) is 0 Å². The number of carbonyl (C=O) groups is 2. The first kappa shape index (κ1) is 29.2. The molecule has 1 aromatic heterocycles. The molecule has 1 heterocycles. The van der Waals surface area contributed by atoms with Crippen molar-refractivity contribution >= 4 is 17.6 Å². The Hall–Kier alpha value is -3.41. The zero-order valence-electron chi connectivity index (χ0n) is 24.0. The first-order chi connectivity index (χ1) is 18.1. The van der Waals surface area contributed by atoms with Crippen LogP contribution in [0.15, 0.2) is 54.6 Å². The molecule has 0 unspecified atom stereocenters. The molecule has 0 fully saturated rings. The molecule has 0 aliphatic heterocycles. The van der Waals surface area contributed by atoms with Crippen molar-refractivity contribution in [3.8, 4) is 5.69 Å². The fourth-order valence-corrected chi connectivity index (χ4v) is 4.36. The molecule has 0 atom stereocenters. The Morgan fingerprint density at radius 2 is 1.63 bits per heavy atom. The molecule has 6 heteroatoms. The van der Waals surface area contributed by atoms with Crippen LogP contribution >= 0.6 is 0 Å². The molecular weight excluding hydrogens is 472 g/mol. The Balaban J connectivity index is 1.82. The number of para-hydroxylation sites is 1. The highest BCUT2D eigenvalue weighted by atomic mass is 16.2. The minimum Gasteiger partial charge on any atom is -0.329 e. The van der Waals surface area contributed by atoms with E-state index in [0.29, 0.717) is 17.9 Å². The van der Waals surface area contributed by atoms with Crippen LogP contribution in [0.5, 0.6) is 0 Å². The standard InChI is InChI=1S/C32H44N4O2/c1-7-9-13-21-35(31(38)26-19-17-25(18-20-26)15-10-8-2)23-30(37)33-29-22-28(32(4,5)6)34-36(29)27-16-12-11-14-24(27)3/h11-12,14,16-20,22H,7-10,13,15,21,23H2,1-6H3,(H,33,37). The van der Waals surface area contributed by atoms with E-state index in [1.165, 1.54) is 5.56 Å². The Labute approximate surface area is 228 Å². The van der Waals surface area contributed by atoms with E-state index in [4.69, 9.17) is 5.10 Å². The van der Waals surface area contributed by atoms with Crippen LogP contribution in [0.25, 0.3) is 5.69 Å². The van der Waals surface area contributed by atoms with Gasteiger partial charge in [0.05, 0.1) is 11.4 Å². The van der Waals surface area contributed by atoms with Gasteiger partial charge in [0.15, 0.2) is 0 Å². The summed E-state index contributed by atoms with van der Waals surface area (Å²) in [5.74, 6) is 0.265. The van der Waals surface area contributed by atoms with Gasteiger partial charge in [0.1, 0.15) is 12.4 Å². The molecule has 2 aromatic carbocycles. The minimum atomic E-state index is -0.232. The normalized spacial score (nSPS) is 11.4. The maximum atomic E-state index is 13.4. The highest BCUT2D eigenvalue weighted by molar-refractivity contribution is 5.99. The molecule has 0 saturated heterocycles. The zero-order chi connectivity index (χ0) is 27.7. The van der Waals surface area contributed by atoms with Crippen molar-refractivity contribution < 1.29 is 9.59 Å². The number of hydrogen-bond acceptors (Lipinski definition) is 3. The second kappa shape index (κ2) is 13.4. The molecule has 204 valence electrons. The maximum Gasteiger partial charge on any atom is 0.254 e. The van der Waals surface area contributed by atoms with Gasteiger partial charge in [-0.05, 0) is 55.5 Å². The van der Waals surface area contributed by atoms with Gasteiger partial charge in [-0.3, -0.25) is 9.59 Å². The number of anilines is 1. The van der Waals surface area contributed by atoms with Crippen LogP contribution in [-0.2, 0) is 16.6 Å². The van der Waals surface area contributed by atoms with Gasteiger partial charge in [0, 0.05) is 23.6 Å². The number of rotatable bonds is 12. The second-order valence-corrected chi connectivity index (χ2v) is 11.1. The molecule has 0 aliphatic carbocycles. The van der Waals surface area contributed by atoms with Crippen LogP contribution in [0.1, 0.15) is 93.9 Å². The molecule has 38 heavy (non-hydrogen) atoms. The first-order valence-corrected chi connectivity index (χ1v) is 14.0. The third kappa shape index (κ3) is 7.80. The molecular formula is C32H44N4O2. The number of aromatic nitrogens is 2. The van der Waals surface area contributed by atoms with Crippen molar-refractivity contribution in [1.82, 2.24) is 14.7 Å². The van der Waals surface area contributed by atoms with E-state index >= 15 is 0 Å². The fourth-order valence-electron chi connectivity index (χ4n) is 4.36. The van der Waals surface area contributed by atoms with E-state index in [2.05, 4.69) is 39.9 Å². The van der Waals surface area contributed by atoms with Crippen LogP contribution in [-0.4, -0.2) is 39.6 Å². The van der Waals surface area contributed by atoms with Crippen molar-refractivity contribution in [3.63, 3.8) is 0 Å². The molecule has 6 nitrogen and oxygen atoms in total. The lowest BCUT2D eigenvalue weighted by atomic mass is 9.92. The third-order valence-electron chi connectivity index (χ3n) is 6.76. The number of unbranched alkanes of at least 4 members (excludes halogenated alkanes) is 3. The Bertz CT molecular complexity index is 1200. The van der Waals surface area contributed by atoms with Crippen molar-refractivity contribution in [2.45, 2.75) is 85.5 Å². The summed E-state index contributed by atoms with van der Waals surface area (Å²) in [6.07, 6.45) is 6.20.